The Kier molecular flexibility index (Phi) is 12.0. The van der Waals surface area contributed by atoms with E-state index in [0.29, 0.717) is 5.92 Å². The average Bonchev–Trinajstić information content (AvgIpc) is 2.68. The minimum Gasteiger partial charge on any atom is -0.369 e. The van der Waals surface area contributed by atoms with Gasteiger partial charge in [0.15, 0.2) is 6.29 Å². The van der Waals surface area contributed by atoms with Crippen LogP contribution in [-0.4, -0.2) is 107 Å². The molecule has 8 nitrogen and oxygen atoms in total. The van der Waals surface area contributed by atoms with Crippen LogP contribution in [0.1, 0.15) is 68.7 Å². The van der Waals surface area contributed by atoms with Gasteiger partial charge < -0.3 is 22.8 Å². The lowest BCUT2D eigenvalue weighted by Gasteiger charge is -2.47. The van der Waals surface area contributed by atoms with E-state index in [1.807, 2.05) is 6.92 Å². The Balaban J connectivity index is 1.62. The normalized spacial score (nSPS) is 40.7. The van der Waals surface area contributed by atoms with Crippen molar-refractivity contribution in [2.75, 3.05) is 45.0 Å². The summed E-state index contributed by atoms with van der Waals surface area (Å²) >= 11 is 0.968. The van der Waals surface area contributed by atoms with E-state index in [-0.39, 0.29) is 48.5 Å². The molecule has 4 fully saturated rings. The molecule has 0 aromatic rings. The summed E-state index contributed by atoms with van der Waals surface area (Å²) in [6, 6.07) is 0. The van der Waals surface area contributed by atoms with E-state index in [2.05, 4.69) is 65.2 Å². The molecule has 4 aliphatic rings. The molecule has 0 aliphatic carbocycles. The van der Waals surface area contributed by atoms with Crippen LogP contribution in [0, 0.1) is 5.92 Å². The molecular weight excluding hydrogens is 496 g/mol. The zero-order valence-electron chi connectivity index (χ0n) is 24.1. The number of rotatable bonds is 9. The van der Waals surface area contributed by atoms with Gasteiger partial charge in [-0.1, -0.05) is 13.8 Å². The van der Waals surface area contributed by atoms with Crippen molar-refractivity contribution >= 4 is 20.8 Å². The first-order valence-corrected chi connectivity index (χ1v) is 16.9. The van der Waals surface area contributed by atoms with Crippen molar-refractivity contribution in [2.24, 2.45) is 5.92 Å². The van der Waals surface area contributed by atoms with Crippen molar-refractivity contribution in [3.63, 3.8) is 0 Å². The number of ether oxygens (including phenoxy) is 2. The van der Waals surface area contributed by atoms with Crippen LogP contribution in [0.2, 0.25) is 5.54 Å². The zero-order chi connectivity index (χ0) is 26.5. The van der Waals surface area contributed by atoms with E-state index in [1.165, 1.54) is 0 Å². The first-order chi connectivity index (χ1) is 16.9. The fourth-order valence-electron chi connectivity index (χ4n) is 5.92. The Labute approximate surface area is 225 Å². The molecule has 2 bridgehead atoms. The lowest BCUT2D eigenvalue weighted by Crippen LogP contribution is -2.64. The number of nitrogens with zero attached hydrogens (tertiary/aromatic N) is 2. The van der Waals surface area contributed by atoms with E-state index in [9.17, 15) is 0 Å². The van der Waals surface area contributed by atoms with E-state index in [4.69, 9.17) is 26.9 Å². The van der Waals surface area contributed by atoms with Gasteiger partial charge >= 0.3 is 8.80 Å². The first kappa shape index (κ1) is 30.8. The molecular formula is C26H53N2O6SSi+. The summed E-state index contributed by atoms with van der Waals surface area (Å²) < 4.78 is 38.5. The summed E-state index contributed by atoms with van der Waals surface area (Å²) in [5.74, 6) is 1.39. The Morgan fingerprint density at radius 3 is 1.75 bits per heavy atom. The molecule has 212 valence electrons. The summed E-state index contributed by atoms with van der Waals surface area (Å²) in [6.45, 7) is 24.8. The summed E-state index contributed by atoms with van der Waals surface area (Å²) in [5, 5.41) is 0. The lowest BCUT2D eigenvalue weighted by atomic mass is 10.1. The molecule has 0 aromatic heterocycles. The van der Waals surface area contributed by atoms with E-state index in [0.717, 1.165) is 63.5 Å². The maximum Gasteiger partial charge on any atom is 0.510 e. The minimum atomic E-state index is -2.92. The molecule has 4 rings (SSSR count). The Morgan fingerprint density at radius 2 is 1.28 bits per heavy atom. The molecule has 0 aromatic carbocycles. The average molecular weight is 550 g/mol. The summed E-state index contributed by atoms with van der Waals surface area (Å²) in [7, 11) is -2.92. The molecule has 0 spiro atoms. The van der Waals surface area contributed by atoms with Gasteiger partial charge in [-0.15, -0.1) is 0 Å². The highest BCUT2D eigenvalue weighted by molar-refractivity contribution is 7.73. The van der Waals surface area contributed by atoms with Crippen LogP contribution in [0.25, 0.3) is 0 Å². The van der Waals surface area contributed by atoms with E-state index < -0.39 is 8.80 Å². The predicted molar refractivity (Wildman–Crippen MR) is 148 cm³/mol. The molecule has 0 radical (unpaired) electrons. The van der Waals surface area contributed by atoms with Crippen molar-refractivity contribution in [2.45, 2.75) is 117 Å². The van der Waals surface area contributed by atoms with Gasteiger partial charge in [-0.25, -0.2) is 0 Å². The van der Waals surface area contributed by atoms with Gasteiger partial charge in [-0.2, -0.15) is 4.18 Å². The molecule has 0 saturated carbocycles. The van der Waals surface area contributed by atoms with Crippen LogP contribution in [0.4, 0.5) is 0 Å². The highest BCUT2D eigenvalue weighted by Gasteiger charge is 2.56. The second-order valence-corrected chi connectivity index (χ2v) is 15.4. The van der Waals surface area contributed by atoms with Crippen molar-refractivity contribution in [3.05, 3.63) is 0 Å². The van der Waals surface area contributed by atoms with Crippen LogP contribution in [-0.2, 0) is 39.0 Å². The third-order valence-corrected chi connectivity index (χ3v) is 11.9. The fourth-order valence-corrected chi connectivity index (χ4v) is 11.2. The quantitative estimate of drug-likeness (QED) is 0.246. The maximum atomic E-state index is 6.75. The lowest BCUT2D eigenvalue weighted by molar-refractivity contribution is -0.199. The van der Waals surface area contributed by atoms with Gasteiger partial charge in [0.1, 0.15) is 23.9 Å². The first-order valence-electron chi connectivity index (χ1n) is 14.1. The SMILES string of the molecule is CC(C)CC(C[SH+]OC(C)CN1CC(C)OC(C)OC(C)C1)[Si]12OC(C)CN(CC(C)O1)CC(C)O2. The number of fused-ring (bicyclic) bond motifs is 6. The number of thiol groups is 1. The highest BCUT2D eigenvalue weighted by atomic mass is 32.2. The largest absolute Gasteiger partial charge is 0.510 e. The van der Waals surface area contributed by atoms with Gasteiger partial charge in [0.05, 0.1) is 36.1 Å². The van der Waals surface area contributed by atoms with Gasteiger partial charge in [-0.05, 0) is 60.8 Å². The summed E-state index contributed by atoms with van der Waals surface area (Å²) in [4.78, 5) is 4.82. The minimum absolute atomic E-state index is 0.101. The van der Waals surface area contributed by atoms with Gasteiger partial charge in [0, 0.05) is 39.3 Å². The predicted octanol–water partition coefficient (Wildman–Crippen LogP) is 3.49. The molecule has 4 saturated heterocycles. The van der Waals surface area contributed by atoms with Crippen molar-refractivity contribution in [1.82, 2.24) is 9.80 Å². The Morgan fingerprint density at radius 1 is 0.778 bits per heavy atom. The van der Waals surface area contributed by atoms with Crippen molar-refractivity contribution in [1.29, 1.82) is 0 Å². The molecule has 7 atom stereocenters. The molecule has 36 heavy (non-hydrogen) atoms. The molecule has 4 aliphatic heterocycles. The van der Waals surface area contributed by atoms with Crippen LogP contribution >= 0.6 is 0 Å². The third kappa shape index (κ3) is 9.46. The van der Waals surface area contributed by atoms with Crippen LogP contribution in [0.3, 0.4) is 0 Å². The topological polar surface area (TPSA) is 61.9 Å². The zero-order valence-corrected chi connectivity index (χ0v) is 26.0. The Bertz CT molecular complexity index is 614. The number of hydrogen-bond donors (Lipinski definition) is 0. The molecule has 10 heteroatoms. The van der Waals surface area contributed by atoms with E-state index >= 15 is 0 Å². The maximum absolute atomic E-state index is 6.75. The second-order valence-electron chi connectivity index (χ2n) is 11.8. The highest BCUT2D eigenvalue weighted by Crippen LogP contribution is 2.38. The smallest absolute Gasteiger partial charge is 0.369 e. The van der Waals surface area contributed by atoms with Gasteiger partial charge in [-0.3, -0.25) is 9.80 Å². The molecule has 0 amide bonds. The van der Waals surface area contributed by atoms with Crippen molar-refractivity contribution in [3.8, 4) is 0 Å². The number of hydrogen-bond acceptors (Lipinski definition) is 8. The van der Waals surface area contributed by atoms with E-state index in [1.54, 1.807) is 0 Å². The van der Waals surface area contributed by atoms with Crippen LogP contribution < -0.4 is 0 Å². The third-order valence-electron chi connectivity index (χ3n) is 6.84. The van der Waals surface area contributed by atoms with Gasteiger partial charge in [0.2, 0.25) is 0 Å². The van der Waals surface area contributed by atoms with Crippen LogP contribution in [0.15, 0.2) is 0 Å². The summed E-state index contributed by atoms with van der Waals surface area (Å²) in [6.07, 6.45) is 1.53. The Hall–Kier alpha value is 0.247. The fraction of sp³-hybridized carbons (Fsp3) is 1.00. The standard InChI is InChI=1S/C26H52N2O6SSi/c1-18(2)10-26(36-32-22(6)14-28(15-23(7)33-36)16-24(8)34-36)17-35-31-21(5)13-27-11-19(3)29-25(9)30-20(4)12-27/h18-26H,10-17H2,1-9H3/p+1. The summed E-state index contributed by atoms with van der Waals surface area (Å²) in [5.41, 5.74) is 0.216. The molecule has 0 N–H and O–H groups in total. The van der Waals surface area contributed by atoms with Crippen molar-refractivity contribution < 1.29 is 26.9 Å². The van der Waals surface area contributed by atoms with Crippen LogP contribution in [0.5, 0.6) is 0 Å². The second kappa shape index (κ2) is 14.0. The monoisotopic (exact) mass is 549 g/mol. The molecule has 4 heterocycles. The van der Waals surface area contributed by atoms with Gasteiger partial charge in [0.25, 0.3) is 0 Å². The molecule has 7 unspecified atom stereocenters.